The molecule has 0 N–H and O–H groups in total. The highest BCUT2D eigenvalue weighted by Crippen LogP contribution is 2.64. The zero-order valence-electron chi connectivity index (χ0n) is 18.8. The van der Waals surface area contributed by atoms with Crippen LogP contribution in [0.1, 0.15) is 70.8 Å². The van der Waals surface area contributed by atoms with Gasteiger partial charge >= 0.3 is 5.97 Å². The lowest BCUT2D eigenvalue weighted by atomic mass is 9.48. The molecule has 0 saturated heterocycles. The van der Waals surface area contributed by atoms with Gasteiger partial charge in [0.15, 0.2) is 0 Å². The summed E-state index contributed by atoms with van der Waals surface area (Å²) in [5, 5.41) is 0. The minimum atomic E-state index is -0.246. The molecule has 5 rings (SSSR count). The fourth-order valence-electron chi connectivity index (χ4n) is 7.43. The first-order chi connectivity index (χ1) is 14.9. The number of carbonyl (C=O) groups is 2. The standard InChI is InChI=1S/C28H34O3/c1-27-16-14-21(31-26(30)13-8-19-6-4-3-5-7-19)18-20(27)9-10-22-23-11-12-25(29)28(23,2)17-15-24(22)27/h3-9,13,21-24H,10-12,14-18H2,1-2H3/b13-8-/t21?,22?,23?,24?,27-,28-/m0/s1. The molecule has 3 nitrogen and oxygen atoms in total. The van der Waals surface area contributed by atoms with Gasteiger partial charge in [0.25, 0.3) is 0 Å². The second-order valence-corrected chi connectivity index (χ2v) is 10.7. The molecule has 0 aromatic heterocycles. The zero-order valence-corrected chi connectivity index (χ0v) is 18.8. The van der Waals surface area contributed by atoms with Crippen molar-refractivity contribution < 1.29 is 14.3 Å². The van der Waals surface area contributed by atoms with Gasteiger partial charge in [0, 0.05) is 24.3 Å². The molecule has 4 aliphatic carbocycles. The minimum Gasteiger partial charge on any atom is -0.459 e. The zero-order chi connectivity index (χ0) is 21.6. The van der Waals surface area contributed by atoms with Crippen LogP contribution in [0, 0.1) is 28.6 Å². The third-order valence-electron chi connectivity index (χ3n) is 9.26. The summed E-state index contributed by atoms with van der Waals surface area (Å²) in [6.45, 7) is 4.69. The Hall–Kier alpha value is -2.16. The van der Waals surface area contributed by atoms with Crippen molar-refractivity contribution in [1.82, 2.24) is 0 Å². The summed E-state index contributed by atoms with van der Waals surface area (Å²) >= 11 is 0. The summed E-state index contributed by atoms with van der Waals surface area (Å²) < 4.78 is 5.83. The average molecular weight is 419 g/mol. The number of benzene rings is 1. The first-order valence-corrected chi connectivity index (χ1v) is 12.1. The van der Waals surface area contributed by atoms with Crippen LogP contribution in [0.25, 0.3) is 6.08 Å². The lowest BCUT2D eigenvalue weighted by molar-refractivity contribution is -0.145. The van der Waals surface area contributed by atoms with Crippen LogP contribution >= 0.6 is 0 Å². The van der Waals surface area contributed by atoms with Crippen LogP contribution in [-0.4, -0.2) is 17.9 Å². The van der Waals surface area contributed by atoms with E-state index in [1.165, 1.54) is 12.0 Å². The fraction of sp³-hybridized carbons (Fsp3) is 0.571. The Balaban J connectivity index is 1.26. The Morgan fingerprint density at radius 1 is 1.03 bits per heavy atom. The van der Waals surface area contributed by atoms with Crippen LogP contribution in [-0.2, 0) is 14.3 Å². The molecule has 6 atom stereocenters. The molecule has 0 aliphatic heterocycles. The molecule has 0 radical (unpaired) electrons. The highest BCUT2D eigenvalue weighted by Gasteiger charge is 2.58. The van der Waals surface area contributed by atoms with E-state index < -0.39 is 0 Å². The lowest BCUT2D eigenvalue weighted by Gasteiger charge is -2.56. The van der Waals surface area contributed by atoms with Crippen molar-refractivity contribution in [3.8, 4) is 0 Å². The maximum atomic E-state index is 12.6. The van der Waals surface area contributed by atoms with Crippen LogP contribution in [0.4, 0.5) is 0 Å². The highest BCUT2D eigenvalue weighted by atomic mass is 16.5. The molecule has 1 aromatic rings. The Morgan fingerprint density at radius 3 is 2.58 bits per heavy atom. The summed E-state index contributed by atoms with van der Waals surface area (Å²) in [6, 6.07) is 9.85. The van der Waals surface area contributed by atoms with Gasteiger partial charge in [-0.15, -0.1) is 0 Å². The number of carbonyl (C=O) groups excluding carboxylic acids is 2. The smallest absolute Gasteiger partial charge is 0.331 e. The third-order valence-corrected chi connectivity index (χ3v) is 9.26. The number of rotatable bonds is 3. The van der Waals surface area contributed by atoms with Gasteiger partial charge in [0.1, 0.15) is 11.9 Å². The van der Waals surface area contributed by atoms with Gasteiger partial charge < -0.3 is 4.74 Å². The molecule has 0 amide bonds. The van der Waals surface area contributed by atoms with Crippen molar-refractivity contribution in [2.45, 2.75) is 71.3 Å². The van der Waals surface area contributed by atoms with E-state index in [1.807, 2.05) is 36.4 Å². The van der Waals surface area contributed by atoms with Gasteiger partial charge in [-0.1, -0.05) is 55.8 Å². The molecule has 31 heavy (non-hydrogen) atoms. The number of hydrogen-bond donors (Lipinski definition) is 0. The highest BCUT2D eigenvalue weighted by molar-refractivity contribution is 5.87. The van der Waals surface area contributed by atoms with E-state index >= 15 is 0 Å². The summed E-state index contributed by atoms with van der Waals surface area (Å²) in [6.07, 6.45) is 13.9. The molecule has 0 bridgehead atoms. The number of esters is 1. The van der Waals surface area contributed by atoms with Crippen molar-refractivity contribution in [2.75, 3.05) is 0 Å². The van der Waals surface area contributed by atoms with Crippen molar-refractivity contribution in [3.05, 3.63) is 53.6 Å². The van der Waals surface area contributed by atoms with Gasteiger partial charge in [-0.3, -0.25) is 4.79 Å². The predicted molar refractivity (Wildman–Crippen MR) is 122 cm³/mol. The van der Waals surface area contributed by atoms with E-state index in [9.17, 15) is 9.59 Å². The lowest BCUT2D eigenvalue weighted by Crippen LogP contribution is -2.50. The van der Waals surface area contributed by atoms with E-state index in [2.05, 4.69) is 19.9 Å². The molecular weight excluding hydrogens is 384 g/mol. The number of fused-ring (bicyclic) bond motifs is 5. The molecule has 0 heterocycles. The first-order valence-electron chi connectivity index (χ1n) is 12.1. The van der Waals surface area contributed by atoms with E-state index in [4.69, 9.17) is 4.74 Å². The van der Waals surface area contributed by atoms with Crippen LogP contribution in [0.2, 0.25) is 0 Å². The van der Waals surface area contributed by atoms with Crippen LogP contribution < -0.4 is 0 Å². The number of ketones is 1. The van der Waals surface area contributed by atoms with E-state index in [0.717, 1.165) is 50.5 Å². The molecule has 4 unspecified atom stereocenters. The third kappa shape index (κ3) is 3.50. The SMILES string of the molecule is C[C@]12CCC(OC(=O)/C=C\c3ccccc3)CC1=CCC1C2CC[C@]2(C)C(=O)CCC12. The second-order valence-electron chi connectivity index (χ2n) is 10.7. The molecule has 3 heteroatoms. The van der Waals surface area contributed by atoms with Crippen LogP contribution in [0.15, 0.2) is 48.1 Å². The average Bonchev–Trinajstić information content (AvgIpc) is 3.08. The van der Waals surface area contributed by atoms with E-state index in [0.29, 0.717) is 23.5 Å². The molecule has 164 valence electrons. The largest absolute Gasteiger partial charge is 0.459 e. The molecule has 1 aromatic carbocycles. The van der Waals surface area contributed by atoms with Crippen molar-refractivity contribution in [2.24, 2.45) is 28.6 Å². The van der Waals surface area contributed by atoms with Crippen molar-refractivity contribution in [3.63, 3.8) is 0 Å². The summed E-state index contributed by atoms with van der Waals surface area (Å²) in [5.41, 5.74) is 2.64. The second kappa shape index (κ2) is 7.76. The van der Waals surface area contributed by atoms with Gasteiger partial charge in [-0.25, -0.2) is 4.79 Å². The Labute approximate surface area is 185 Å². The normalized spacial score (nSPS) is 39.4. The van der Waals surface area contributed by atoms with Crippen molar-refractivity contribution >= 4 is 17.8 Å². The maximum absolute atomic E-state index is 12.6. The summed E-state index contributed by atoms with van der Waals surface area (Å²) in [5.74, 6) is 2.14. The van der Waals surface area contributed by atoms with Gasteiger partial charge in [-0.05, 0) is 73.3 Å². The number of allylic oxidation sites excluding steroid dienone is 1. The molecule has 0 spiro atoms. The van der Waals surface area contributed by atoms with Crippen LogP contribution in [0.5, 0.6) is 0 Å². The summed E-state index contributed by atoms with van der Waals surface area (Å²) in [4.78, 5) is 25.0. The van der Waals surface area contributed by atoms with Gasteiger partial charge in [-0.2, -0.15) is 0 Å². The van der Waals surface area contributed by atoms with E-state index in [-0.39, 0.29) is 22.9 Å². The molecular formula is C28H34O3. The Bertz CT molecular complexity index is 929. The topological polar surface area (TPSA) is 43.4 Å². The molecule has 4 aliphatic rings. The van der Waals surface area contributed by atoms with Crippen molar-refractivity contribution in [1.29, 1.82) is 0 Å². The minimum absolute atomic E-state index is 0.0225. The fourth-order valence-corrected chi connectivity index (χ4v) is 7.43. The summed E-state index contributed by atoms with van der Waals surface area (Å²) in [7, 11) is 0. The quantitative estimate of drug-likeness (QED) is 0.336. The molecule has 3 fully saturated rings. The van der Waals surface area contributed by atoms with Gasteiger partial charge in [0.2, 0.25) is 0 Å². The molecule has 3 saturated carbocycles. The van der Waals surface area contributed by atoms with E-state index in [1.54, 1.807) is 6.08 Å². The monoisotopic (exact) mass is 418 g/mol. The maximum Gasteiger partial charge on any atom is 0.331 e. The Kier molecular flexibility index (Phi) is 5.19. The Morgan fingerprint density at radius 2 is 1.77 bits per heavy atom. The number of ether oxygens (including phenoxy) is 1. The number of hydrogen-bond acceptors (Lipinski definition) is 3. The first kappa shape index (κ1) is 20.7. The van der Waals surface area contributed by atoms with Crippen LogP contribution in [0.3, 0.4) is 0 Å². The number of Topliss-reactive ketones (excluding diaryl/α,β-unsaturated/α-hetero) is 1. The predicted octanol–water partition coefficient (Wildman–Crippen LogP) is 6.14. The van der Waals surface area contributed by atoms with Gasteiger partial charge in [0.05, 0.1) is 0 Å².